The number of non-ortho nitro benzene ring substituents is 1. The molecule has 33 heavy (non-hydrogen) atoms. The fourth-order valence-electron chi connectivity index (χ4n) is 5.02. The Labute approximate surface area is 193 Å². The van der Waals surface area contributed by atoms with Gasteiger partial charge in [0.15, 0.2) is 11.6 Å². The lowest BCUT2D eigenvalue weighted by Crippen LogP contribution is -2.52. The SMILES string of the molecule is NC(=O)C1C2CC(NCC(O)Nc3cccc([N+](=O)[O-])c3)C(C2)C1Nc1nc(Cl)ncc1F. The van der Waals surface area contributed by atoms with Crippen molar-refractivity contribution >= 4 is 34.7 Å². The van der Waals surface area contributed by atoms with Crippen LogP contribution in [0.3, 0.4) is 0 Å². The fraction of sp³-hybridized carbons (Fsp3) is 0.450. The third-order valence-corrected chi connectivity index (χ3v) is 6.50. The van der Waals surface area contributed by atoms with Crippen LogP contribution in [0.2, 0.25) is 5.28 Å². The molecule has 11 nitrogen and oxygen atoms in total. The van der Waals surface area contributed by atoms with Crippen molar-refractivity contribution in [2.75, 3.05) is 17.2 Å². The molecule has 2 fully saturated rings. The molecular weight excluding hydrogens is 457 g/mol. The van der Waals surface area contributed by atoms with E-state index in [9.17, 15) is 24.4 Å². The second-order valence-electron chi connectivity index (χ2n) is 8.31. The van der Waals surface area contributed by atoms with Gasteiger partial charge in [0, 0.05) is 36.4 Å². The molecule has 0 aliphatic heterocycles. The van der Waals surface area contributed by atoms with Crippen LogP contribution >= 0.6 is 11.6 Å². The molecule has 1 amide bonds. The van der Waals surface area contributed by atoms with Gasteiger partial charge in [-0.2, -0.15) is 4.98 Å². The maximum Gasteiger partial charge on any atom is 0.271 e. The predicted octanol–water partition coefficient (Wildman–Crippen LogP) is 1.49. The zero-order valence-corrected chi connectivity index (χ0v) is 18.1. The Bertz CT molecular complexity index is 1060. The highest BCUT2D eigenvalue weighted by Crippen LogP contribution is 2.49. The lowest BCUT2D eigenvalue weighted by Gasteiger charge is -2.36. The number of anilines is 2. The Balaban J connectivity index is 1.40. The summed E-state index contributed by atoms with van der Waals surface area (Å²) in [5.41, 5.74) is 5.96. The number of nitrogens with zero attached hydrogens (tertiary/aromatic N) is 3. The second kappa shape index (κ2) is 9.41. The molecule has 4 rings (SSSR count). The standard InChI is InChI=1S/C20H23ClFN7O4/c21-20-25-7-13(22)19(28-20)27-17-12-4-9(16(17)18(23)31)5-14(12)24-8-15(30)26-10-2-1-3-11(6-10)29(32)33/h1-3,6-7,9,12,14-17,24,26,30H,4-5,8H2,(H2,23,31)(H,25,27,28). The number of amides is 1. The first kappa shape index (κ1) is 23.1. The minimum Gasteiger partial charge on any atom is -0.372 e. The third-order valence-electron chi connectivity index (χ3n) is 6.31. The molecule has 2 bridgehead atoms. The van der Waals surface area contributed by atoms with Crippen molar-refractivity contribution in [2.45, 2.75) is 31.2 Å². The highest BCUT2D eigenvalue weighted by Gasteiger charge is 2.55. The molecule has 0 saturated heterocycles. The van der Waals surface area contributed by atoms with E-state index in [1.54, 1.807) is 6.07 Å². The molecule has 2 aromatic rings. The van der Waals surface area contributed by atoms with Crippen molar-refractivity contribution in [3.8, 4) is 0 Å². The van der Waals surface area contributed by atoms with E-state index in [2.05, 4.69) is 25.9 Å². The van der Waals surface area contributed by atoms with Gasteiger partial charge in [-0.25, -0.2) is 9.37 Å². The molecule has 1 aromatic heterocycles. The van der Waals surface area contributed by atoms with E-state index in [0.717, 1.165) is 6.20 Å². The molecule has 176 valence electrons. The maximum absolute atomic E-state index is 14.2. The number of primary amides is 1. The summed E-state index contributed by atoms with van der Waals surface area (Å²) in [7, 11) is 0. The Hall–Kier alpha value is -3.09. The van der Waals surface area contributed by atoms with Gasteiger partial charge in [0.25, 0.3) is 5.69 Å². The molecule has 2 aliphatic carbocycles. The number of halogens is 2. The van der Waals surface area contributed by atoms with Gasteiger partial charge < -0.3 is 26.8 Å². The molecule has 1 aromatic carbocycles. The summed E-state index contributed by atoms with van der Waals surface area (Å²) in [5.74, 6) is -1.80. The van der Waals surface area contributed by atoms with Crippen LogP contribution < -0.4 is 21.7 Å². The van der Waals surface area contributed by atoms with Gasteiger partial charge in [-0.1, -0.05) is 6.07 Å². The second-order valence-corrected chi connectivity index (χ2v) is 8.65. The smallest absolute Gasteiger partial charge is 0.271 e. The summed E-state index contributed by atoms with van der Waals surface area (Å²) in [6.07, 6.45) is 1.32. The number of carbonyl (C=O) groups is 1. The topological polar surface area (TPSA) is 168 Å². The lowest BCUT2D eigenvalue weighted by atomic mass is 9.81. The van der Waals surface area contributed by atoms with Crippen molar-refractivity contribution in [1.29, 1.82) is 0 Å². The summed E-state index contributed by atoms with van der Waals surface area (Å²) in [5, 5.41) is 30.2. The monoisotopic (exact) mass is 479 g/mol. The van der Waals surface area contributed by atoms with Crippen molar-refractivity contribution in [2.24, 2.45) is 23.5 Å². The molecule has 0 spiro atoms. The van der Waals surface area contributed by atoms with Crippen LogP contribution in [0.4, 0.5) is 21.6 Å². The van der Waals surface area contributed by atoms with Crippen LogP contribution in [-0.4, -0.2) is 50.8 Å². The number of nitro groups is 1. The predicted molar refractivity (Wildman–Crippen MR) is 118 cm³/mol. The molecule has 6 unspecified atom stereocenters. The van der Waals surface area contributed by atoms with E-state index in [1.807, 2.05) is 0 Å². The van der Waals surface area contributed by atoms with Crippen molar-refractivity contribution < 1.29 is 19.2 Å². The average molecular weight is 480 g/mol. The summed E-state index contributed by atoms with van der Waals surface area (Å²) in [6.45, 7) is 0.151. The number of carbonyl (C=O) groups excluding carboxylic acids is 1. The van der Waals surface area contributed by atoms with Gasteiger partial charge in [-0.15, -0.1) is 0 Å². The quantitative estimate of drug-likeness (QED) is 0.155. The van der Waals surface area contributed by atoms with Gasteiger partial charge in [-0.05, 0) is 42.3 Å². The zero-order valence-electron chi connectivity index (χ0n) is 17.3. The largest absolute Gasteiger partial charge is 0.372 e. The molecule has 13 heteroatoms. The average Bonchev–Trinajstić information content (AvgIpc) is 3.33. The van der Waals surface area contributed by atoms with E-state index >= 15 is 0 Å². The number of nitrogens with one attached hydrogen (secondary N) is 3. The lowest BCUT2D eigenvalue weighted by molar-refractivity contribution is -0.384. The number of fused-ring (bicyclic) bond motifs is 2. The first-order chi connectivity index (χ1) is 15.7. The molecule has 2 aliphatic rings. The highest BCUT2D eigenvalue weighted by atomic mass is 35.5. The Morgan fingerprint density at radius 2 is 2.21 bits per heavy atom. The van der Waals surface area contributed by atoms with Crippen LogP contribution in [0, 0.1) is 33.7 Å². The minimum absolute atomic E-state index is 0.00439. The summed E-state index contributed by atoms with van der Waals surface area (Å²) in [6, 6.07) is 5.31. The number of aromatic nitrogens is 2. The van der Waals surface area contributed by atoms with Crippen LogP contribution in [0.1, 0.15) is 12.8 Å². The van der Waals surface area contributed by atoms with Crippen molar-refractivity contribution in [3.63, 3.8) is 0 Å². The van der Waals surface area contributed by atoms with E-state index in [4.69, 9.17) is 17.3 Å². The molecule has 2 saturated carbocycles. The molecular formula is C20H23ClFN7O4. The third kappa shape index (κ3) is 4.97. The van der Waals surface area contributed by atoms with E-state index in [-0.39, 0.29) is 41.2 Å². The number of hydrogen-bond acceptors (Lipinski definition) is 9. The van der Waals surface area contributed by atoms with Gasteiger partial charge >= 0.3 is 0 Å². The first-order valence-corrected chi connectivity index (χ1v) is 10.8. The van der Waals surface area contributed by atoms with Crippen molar-refractivity contribution in [1.82, 2.24) is 15.3 Å². The summed E-state index contributed by atoms with van der Waals surface area (Å²) >= 11 is 5.78. The van der Waals surface area contributed by atoms with Crippen LogP contribution in [-0.2, 0) is 4.79 Å². The van der Waals surface area contributed by atoms with Crippen LogP contribution in [0.5, 0.6) is 0 Å². The Morgan fingerprint density at radius 1 is 1.42 bits per heavy atom. The molecule has 0 radical (unpaired) electrons. The normalized spacial score (nSPS) is 26.7. The number of aliphatic hydroxyl groups excluding tert-OH is 1. The van der Waals surface area contributed by atoms with E-state index in [0.29, 0.717) is 18.5 Å². The van der Waals surface area contributed by atoms with Crippen molar-refractivity contribution in [3.05, 3.63) is 51.7 Å². The van der Waals surface area contributed by atoms with Gasteiger partial charge in [0.1, 0.15) is 6.23 Å². The number of hydrogen-bond donors (Lipinski definition) is 5. The first-order valence-electron chi connectivity index (χ1n) is 10.4. The Kier molecular flexibility index (Phi) is 6.58. The summed E-state index contributed by atoms with van der Waals surface area (Å²) in [4.78, 5) is 30.0. The van der Waals surface area contributed by atoms with Gasteiger partial charge in [0.2, 0.25) is 11.2 Å². The van der Waals surface area contributed by atoms with Crippen LogP contribution in [0.25, 0.3) is 0 Å². The number of rotatable bonds is 9. The maximum atomic E-state index is 14.2. The molecule has 1 heterocycles. The van der Waals surface area contributed by atoms with Gasteiger partial charge in [0.05, 0.1) is 17.0 Å². The zero-order chi connectivity index (χ0) is 23.7. The highest BCUT2D eigenvalue weighted by molar-refractivity contribution is 6.28. The van der Waals surface area contributed by atoms with E-state index in [1.165, 1.54) is 18.2 Å². The Morgan fingerprint density at radius 3 is 2.94 bits per heavy atom. The molecule has 6 N–H and O–H groups in total. The van der Waals surface area contributed by atoms with Crippen LogP contribution in [0.15, 0.2) is 30.5 Å². The minimum atomic E-state index is -1.01. The number of aliphatic hydroxyl groups is 1. The van der Waals surface area contributed by atoms with Gasteiger partial charge in [-0.3, -0.25) is 14.9 Å². The summed E-state index contributed by atoms with van der Waals surface area (Å²) < 4.78 is 14.2. The number of nitrogens with two attached hydrogens (primary N) is 1. The van der Waals surface area contributed by atoms with E-state index < -0.39 is 34.8 Å². The molecule has 6 atom stereocenters. The fourth-order valence-corrected chi connectivity index (χ4v) is 5.16. The number of nitro benzene ring substituents is 1. The number of benzene rings is 1.